The summed E-state index contributed by atoms with van der Waals surface area (Å²) >= 11 is 0. The Morgan fingerprint density at radius 3 is 2.43 bits per heavy atom. The van der Waals surface area contributed by atoms with Gasteiger partial charge in [0, 0.05) is 32.7 Å². The summed E-state index contributed by atoms with van der Waals surface area (Å²) in [6, 6.07) is 0. The molecule has 0 radical (unpaired) electrons. The average Bonchev–Trinajstić information content (AvgIpc) is 2.35. The number of sulfonamides is 1. The van der Waals surface area contributed by atoms with Gasteiger partial charge in [-0.3, -0.25) is 0 Å². The van der Waals surface area contributed by atoms with Gasteiger partial charge >= 0.3 is 0 Å². The van der Waals surface area contributed by atoms with Crippen LogP contribution in [0.3, 0.4) is 0 Å². The van der Waals surface area contributed by atoms with E-state index in [9.17, 15) is 8.42 Å². The molecule has 1 heterocycles. The molecule has 1 aliphatic heterocycles. The number of halogens is 2. The molecule has 0 atom stereocenters. The minimum absolute atomic E-state index is 0. The lowest BCUT2D eigenvalue weighted by Crippen LogP contribution is -2.44. The predicted molar refractivity (Wildman–Crippen MR) is 91.3 cm³/mol. The fourth-order valence-electron chi connectivity index (χ4n) is 1.93. The van der Waals surface area contributed by atoms with Crippen molar-refractivity contribution >= 4 is 34.8 Å². The van der Waals surface area contributed by atoms with Crippen molar-refractivity contribution in [2.45, 2.75) is 26.4 Å². The van der Waals surface area contributed by atoms with E-state index in [-0.39, 0.29) is 43.3 Å². The van der Waals surface area contributed by atoms with Gasteiger partial charge in [-0.1, -0.05) is 0 Å². The molecule has 0 spiro atoms. The van der Waals surface area contributed by atoms with Gasteiger partial charge in [0.15, 0.2) is 0 Å². The molecule has 0 saturated carbocycles. The van der Waals surface area contributed by atoms with Gasteiger partial charge in [0.25, 0.3) is 0 Å². The minimum atomic E-state index is -3.19. The van der Waals surface area contributed by atoms with Crippen LogP contribution in [0, 0.1) is 0 Å². The molecule has 0 amide bonds. The standard InChI is InChI=1S/C12H27N3O3S.2ClH/c1-12(2)18-10-11-19(16,17)14-4-3-7-15-8-5-13-6-9-15;;/h12-14H,3-11H2,1-2H3;2*1H. The smallest absolute Gasteiger partial charge is 0.213 e. The van der Waals surface area contributed by atoms with Gasteiger partial charge in [-0.25, -0.2) is 13.1 Å². The van der Waals surface area contributed by atoms with E-state index in [1.165, 1.54) is 0 Å². The van der Waals surface area contributed by atoms with Crippen molar-refractivity contribution in [3.8, 4) is 0 Å². The molecule has 0 bridgehead atoms. The van der Waals surface area contributed by atoms with E-state index in [4.69, 9.17) is 4.74 Å². The van der Waals surface area contributed by atoms with Crippen LogP contribution in [0.1, 0.15) is 20.3 Å². The Labute approximate surface area is 141 Å². The highest BCUT2D eigenvalue weighted by Gasteiger charge is 2.11. The molecular formula is C12H29Cl2N3O3S. The molecule has 0 unspecified atom stereocenters. The van der Waals surface area contributed by atoms with E-state index in [2.05, 4.69) is 14.9 Å². The topological polar surface area (TPSA) is 70.7 Å². The van der Waals surface area contributed by atoms with Gasteiger partial charge < -0.3 is 15.0 Å². The van der Waals surface area contributed by atoms with Gasteiger partial charge in [-0.05, 0) is 26.8 Å². The number of hydrogen-bond acceptors (Lipinski definition) is 5. The molecule has 2 N–H and O–H groups in total. The molecule has 21 heavy (non-hydrogen) atoms. The zero-order valence-corrected chi connectivity index (χ0v) is 15.3. The maximum Gasteiger partial charge on any atom is 0.213 e. The summed E-state index contributed by atoms with van der Waals surface area (Å²) in [5.41, 5.74) is 0. The SMILES string of the molecule is CC(C)OCCS(=O)(=O)NCCCN1CCNCC1.Cl.Cl. The highest BCUT2D eigenvalue weighted by atomic mass is 35.5. The van der Waals surface area contributed by atoms with Crippen LogP contribution >= 0.6 is 24.8 Å². The predicted octanol–water partition coefficient (Wildman–Crippen LogP) is 0.470. The molecule has 1 rings (SSSR count). The third kappa shape index (κ3) is 12.6. The second-order valence-corrected chi connectivity index (χ2v) is 7.00. The second kappa shape index (κ2) is 12.9. The Balaban J connectivity index is 0. The van der Waals surface area contributed by atoms with Crippen LogP contribution in [0.25, 0.3) is 0 Å². The van der Waals surface area contributed by atoms with Gasteiger partial charge in [0.1, 0.15) is 0 Å². The largest absolute Gasteiger partial charge is 0.378 e. The molecule has 0 aromatic heterocycles. The molecule has 130 valence electrons. The summed E-state index contributed by atoms with van der Waals surface area (Å²) in [5.74, 6) is 0.0405. The number of hydrogen-bond donors (Lipinski definition) is 2. The van der Waals surface area contributed by atoms with Crippen LogP contribution < -0.4 is 10.0 Å². The maximum absolute atomic E-state index is 11.6. The summed E-state index contributed by atoms with van der Waals surface area (Å²) < 4.78 is 31.2. The second-order valence-electron chi connectivity index (χ2n) is 5.08. The van der Waals surface area contributed by atoms with Crippen LogP contribution in [-0.4, -0.2) is 71.0 Å². The maximum atomic E-state index is 11.6. The lowest BCUT2D eigenvalue weighted by molar-refractivity contribution is 0.0911. The monoisotopic (exact) mass is 365 g/mol. The van der Waals surface area contributed by atoms with Crippen molar-refractivity contribution in [3.05, 3.63) is 0 Å². The van der Waals surface area contributed by atoms with E-state index in [0.29, 0.717) is 6.54 Å². The molecule has 0 aliphatic carbocycles. The quantitative estimate of drug-likeness (QED) is 0.581. The highest BCUT2D eigenvalue weighted by molar-refractivity contribution is 7.89. The normalized spacial score (nSPS) is 16.3. The number of rotatable bonds is 9. The zero-order valence-electron chi connectivity index (χ0n) is 12.8. The zero-order chi connectivity index (χ0) is 14.1. The third-order valence-electron chi connectivity index (χ3n) is 2.99. The third-order valence-corrected chi connectivity index (χ3v) is 4.33. The van der Waals surface area contributed by atoms with Crippen LogP contribution in [-0.2, 0) is 14.8 Å². The van der Waals surface area contributed by atoms with Crippen molar-refractivity contribution in [1.29, 1.82) is 0 Å². The van der Waals surface area contributed by atoms with Crippen LogP contribution in [0.4, 0.5) is 0 Å². The van der Waals surface area contributed by atoms with E-state index >= 15 is 0 Å². The number of nitrogens with zero attached hydrogens (tertiary/aromatic N) is 1. The summed E-state index contributed by atoms with van der Waals surface area (Å²) in [6.45, 7) is 9.66. The van der Waals surface area contributed by atoms with Gasteiger partial charge in [-0.15, -0.1) is 24.8 Å². The molecule has 0 aromatic rings. The van der Waals surface area contributed by atoms with Gasteiger partial charge in [0.05, 0.1) is 18.5 Å². The van der Waals surface area contributed by atoms with Gasteiger partial charge in [-0.2, -0.15) is 0 Å². The molecule has 6 nitrogen and oxygen atoms in total. The number of nitrogens with one attached hydrogen (secondary N) is 2. The van der Waals surface area contributed by atoms with Crippen LogP contribution in [0.2, 0.25) is 0 Å². The fraction of sp³-hybridized carbons (Fsp3) is 1.00. The summed E-state index contributed by atoms with van der Waals surface area (Å²) in [5, 5.41) is 3.29. The van der Waals surface area contributed by atoms with Crippen LogP contribution in [0.15, 0.2) is 0 Å². The van der Waals surface area contributed by atoms with Crippen LogP contribution in [0.5, 0.6) is 0 Å². The first kappa shape index (κ1) is 23.6. The summed E-state index contributed by atoms with van der Waals surface area (Å²) in [6.07, 6.45) is 0.924. The number of piperazine rings is 1. The molecule has 1 aliphatic rings. The Kier molecular flexibility index (Phi) is 14.5. The average molecular weight is 366 g/mol. The first-order valence-electron chi connectivity index (χ1n) is 7.01. The van der Waals surface area contributed by atoms with Crippen molar-refractivity contribution in [3.63, 3.8) is 0 Å². The first-order valence-corrected chi connectivity index (χ1v) is 8.67. The van der Waals surface area contributed by atoms with Crippen molar-refractivity contribution < 1.29 is 13.2 Å². The summed E-state index contributed by atoms with van der Waals surface area (Å²) in [4.78, 5) is 2.35. The molecule has 1 saturated heterocycles. The van der Waals surface area contributed by atoms with E-state index in [1.807, 2.05) is 13.8 Å². The van der Waals surface area contributed by atoms with E-state index in [0.717, 1.165) is 39.1 Å². The molecule has 1 fully saturated rings. The molecule has 9 heteroatoms. The Hall–Kier alpha value is 0.370. The Morgan fingerprint density at radius 2 is 1.86 bits per heavy atom. The Morgan fingerprint density at radius 1 is 1.24 bits per heavy atom. The van der Waals surface area contributed by atoms with E-state index < -0.39 is 10.0 Å². The van der Waals surface area contributed by atoms with Crippen molar-refractivity contribution in [2.24, 2.45) is 0 Å². The summed E-state index contributed by atoms with van der Waals surface area (Å²) in [7, 11) is -3.19. The van der Waals surface area contributed by atoms with Crippen molar-refractivity contribution in [1.82, 2.24) is 14.9 Å². The molecule has 0 aromatic carbocycles. The van der Waals surface area contributed by atoms with Gasteiger partial charge in [0.2, 0.25) is 10.0 Å². The number of ether oxygens (including phenoxy) is 1. The lowest BCUT2D eigenvalue weighted by atomic mass is 10.3. The molecular weight excluding hydrogens is 337 g/mol. The minimum Gasteiger partial charge on any atom is -0.378 e. The Bertz CT molecular complexity index is 337. The van der Waals surface area contributed by atoms with Crippen molar-refractivity contribution in [2.75, 3.05) is 51.6 Å². The first-order chi connectivity index (χ1) is 8.99. The fourth-order valence-corrected chi connectivity index (χ4v) is 2.85. The van der Waals surface area contributed by atoms with E-state index in [1.54, 1.807) is 0 Å². The highest BCUT2D eigenvalue weighted by Crippen LogP contribution is 1.95. The lowest BCUT2D eigenvalue weighted by Gasteiger charge is -2.27.